The maximum atomic E-state index is 12.6. The molecule has 0 unspecified atom stereocenters. The number of methoxy groups -OCH3 is 2. The summed E-state index contributed by atoms with van der Waals surface area (Å²) >= 11 is 12.5. The predicted molar refractivity (Wildman–Crippen MR) is 128 cm³/mol. The second-order valence-corrected chi connectivity index (χ2v) is 8.52. The van der Waals surface area contributed by atoms with Crippen LogP contribution in [0.2, 0.25) is 10.0 Å². The normalized spacial score (nSPS) is 13.9. The van der Waals surface area contributed by atoms with Gasteiger partial charge >= 0.3 is 0 Å². The van der Waals surface area contributed by atoms with E-state index in [1.165, 1.54) is 0 Å². The highest BCUT2D eigenvalue weighted by Gasteiger charge is 2.27. The van der Waals surface area contributed by atoms with E-state index in [0.29, 0.717) is 40.2 Å². The van der Waals surface area contributed by atoms with Crippen LogP contribution in [-0.2, 0) is 11.3 Å². The first-order valence-corrected chi connectivity index (χ1v) is 11.2. The van der Waals surface area contributed by atoms with Crippen LogP contribution in [-0.4, -0.2) is 36.6 Å². The fraction of sp³-hybridized carbons (Fsp3) is 0.280. The van der Waals surface area contributed by atoms with Crippen molar-refractivity contribution < 1.29 is 14.3 Å². The number of aromatic nitrogens is 1. The number of rotatable bonds is 6. The summed E-state index contributed by atoms with van der Waals surface area (Å²) in [4.78, 5) is 19.1. The number of likely N-dealkylation sites (tertiary alicyclic amines) is 1. The topological polar surface area (TPSA) is 51.7 Å². The van der Waals surface area contributed by atoms with Crippen LogP contribution in [0.3, 0.4) is 0 Å². The average Bonchev–Trinajstić information content (AvgIpc) is 2.80. The zero-order valence-electron chi connectivity index (χ0n) is 18.0. The second-order valence-electron chi connectivity index (χ2n) is 7.65. The van der Waals surface area contributed by atoms with Crippen molar-refractivity contribution in [2.45, 2.75) is 25.8 Å². The molecule has 1 saturated heterocycles. The van der Waals surface area contributed by atoms with Crippen LogP contribution in [0.1, 0.15) is 24.8 Å². The van der Waals surface area contributed by atoms with Crippen molar-refractivity contribution in [1.82, 2.24) is 9.88 Å². The third-order valence-electron chi connectivity index (χ3n) is 5.68. The van der Waals surface area contributed by atoms with Crippen molar-refractivity contribution in [3.05, 3.63) is 64.3 Å². The van der Waals surface area contributed by atoms with Crippen LogP contribution in [0.5, 0.6) is 11.5 Å². The van der Waals surface area contributed by atoms with Gasteiger partial charge in [0.05, 0.1) is 25.5 Å². The lowest BCUT2D eigenvalue weighted by Gasteiger charge is -2.29. The Morgan fingerprint density at radius 3 is 2.34 bits per heavy atom. The molecule has 0 spiro atoms. The minimum atomic E-state index is 0.151. The van der Waals surface area contributed by atoms with Crippen molar-refractivity contribution in [2.75, 3.05) is 20.8 Å². The summed E-state index contributed by atoms with van der Waals surface area (Å²) in [5.41, 5.74) is 4.15. The van der Waals surface area contributed by atoms with E-state index < -0.39 is 0 Å². The predicted octanol–water partition coefficient (Wildman–Crippen LogP) is 6.25. The van der Waals surface area contributed by atoms with E-state index >= 15 is 0 Å². The number of carbonyl (C=O) groups excluding carboxylic acids is 1. The van der Waals surface area contributed by atoms with Crippen molar-refractivity contribution in [2.24, 2.45) is 0 Å². The first-order valence-electron chi connectivity index (χ1n) is 10.4. The van der Waals surface area contributed by atoms with E-state index in [0.717, 1.165) is 41.6 Å². The quantitative estimate of drug-likeness (QED) is 0.426. The molecular formula is C25H24Cl2N2O3. The number of amides is 1. The van der Waals surface area contributed by atoms with Gasteiger partial charge in [0.25, 0.3) is 0 Å². The molecule has 2 heterocycles. The van der Waals surface area contributed by atoms with Crippen LogP contribution < -0.4 is 9.47 Å². The van der Waals surface area contributed by atoms with Gasteiger partial charge in [0, 0.05) is 52.9 Å². The Bertz CT molecular complexity index is 1130. The summed E-state index contributed by atoms with van der Waals surface area (Å²) in [5.74, 6) is 1.41. The lowest BCUT2D eigenvalue weighted by molar-refractivity contribution is -0.133. The molecule has 2 aromatic carbocycles. The number of carbonyl (C=O) groups is 1. The summed E-state index contributed by atoms with van der Waals surface area (Å²) < 4.78 is 11.5. The maximum absolute atomic E-state index is 12.6. The van der Waals surface area contributed by atoms with Gasteiger partial charge in [-0.3, -0.25) is 9.78 Å². The Kier molecular flexibility index (Phi) is 6.87. The smallest absolute Gasteiger partial charge is 0.222 e. The molecule has 32 heavy (non-hydrogen) atoms. The molecule has 3 aromatic rings. The third kappa shape index (κ3) is 4.54. The maximum Gasteiger partial charge on any atom is 0.222 e. The molecule has 7 heteroatoms. The third-order valence-corrected chi connectivity index (χ3v) is 6.17. The van der Waals surface area contributed by atoms with Crippen LogP contribution >= 0.6 is 23.2 Å². The molecule has 0 bridgehead atoms. The first-order chi connectivity index (χ1) is 15.5. The summed E-state index contributed by atoms with van der Waals surface area (Å²) in [6.45, 7) is 1.15. The Balaban J connectivity index is 2.01. The number of benzene rings is 2. The van der Waals surface area contributed by atoms with Crippen molar-refractivity contribution in [1.29, 1.82) is 0 Å². The van der Waals surface area contributed by atoms with Gasteiger partial charge in [-0.1, -0.05) is 35.3 Å². The van der Waals surface area contributed by atoms with Crippen LogP contribution in [0.15, 0.2) is 48.7 Å². The average molecular weight is 471 g/mol. The molecule has 1 aliphatic rings. The van der Waals surface area contributed by atoms with Crippen LogP contribution in [0, 0.1) is 0 Å². The van der Waals surface area contributed by atoms with Crippen molar-refractivity contribution >= 4 is 29.1 Å². The van der Waals surface area contributed by atoms with Crippen molar-refractivity contribution in [3.63, 3.8) is 0 Å². The lowest BCUT2D eigenvalue weighted by Crippen LogP contribution is -2.35. The van der Waals surface area contributed by atoms with E-state index in [9.17, 15) is 4.79 Å². The molecule has 0 atom stereocenters. The first kappa shape index (κ1) is 22.4. The highest BCUT2D eigenvalue weighted by molar-refractivity contribution is 6.31. The minimum Gasteiger partial charge on any atom is -0.496 e. The van der Waals surface area contributed by atoms with Gasteiger partial charge in [0.1, 0.15) is 11.5 Å². The molecule has 5 nitrogen and oxygen atoms in total. The summed E-state index contributed by atoms with van der Waals surface area (Å²) in [6, 6.07) is 13.0. The fourth-order valence-electron chi connectivity index (χ4n) is 4.13. The molecule has 1 aromatic heterocycles. The van der Waals surface area contributed by atoms with Gasteiger partial charge in [0.15, 0.2) is 0 Å². The monoisotopic (exact) mass is 470 g/mol. The molecule has 1 amide bonds. The second kappa shape index (κ2) is 9.80. The Morgan fingerprint density at radius 1 is 0.938 bits per heavy atom. The van der Waals surface area contributed by atoms with E-state index in [-0.39, 0.29) is 5.91 Å². The molecule has 0 aliphatic carbocycles. The zero-order chi connectivity index (χ0) is 22.7. The number of halogens is 2. The van der Waals surface area contributed by atoms with E-state index in [1.54, 1.807) is 32.5 Å². The molecule has 0 radical (unpaired) electrons. The highest BCUT2D eigenvalue weighted by atomic mass is 35.5. The van der Waals surface area contributed by atoms with Gasteiger partial charge in [-0.2, -0.15) is 0 Å². The molecular weight excluding hydrogens is 447 g/mol. The van der Waals surface area contributed by atoms with E-state index in [4.69, 9.17) is 32.7 Å². The summed E-state index contributed by atoms with van der Waals surface area (Å²) in [5, 5.41) is 1.21. The number of pyridine rings is 1. The minimum absolute atomic E-state index is 0.151. The SMILES string of the molecule is COc1cc(OC)c(-c2cc(Cl)ccn2)c(-c2ccc(Cl)cc2)c1CN1CCCCC1=O. The number of ether oxygens (including phenoxy) is 2. The molecule has 0 N–H and O–H groups in total. The number of nitrogens with zero attached hydrogens (tertiary/aromatic N) is 2. The van der Waals surface area contributed by atoms with Gasteiger partial charge in [-0.15, -0.1) is 0 Å². The number of piperidine rings is 1. The van der Waals surface area contributed by atoms with Gasteiger partial charge in [0.2, 0.25) is 5.91 Å². The number of hydrogen-bond acceptors (Lipinski definition) is 4. The largest absolute Gasteiger partial charge is 0.496 e. The van der Waals surface area contributed by atoms with Gasteiger partial charge in [-0.25, -0.2) is 0 Å². The highest BCUT2D eigenvalue weighted by Crippen LogP contribution is 2.46. The van der Waals surface area contributed by atoms with Crippen LogP contribution in [0.25, 0.3) is 22.4 Å². The van der Waals surface area contributed by atoms with E-state index in [1.807, 2.05) is 35.2 Å². The lowest BCUT2D eigenvalue weighted by atomic mass is 9.90. The Morgan fingerprint density at radius 2 is 1.69 bits per heavy atom. The summed E-state index contributed by atoms with van der Waals surface area (Å²) in [7, 11) is 3.24. The molecule has 1 fully saturated rings. The summed E-state index contributed by atoms with van der Waals surface area (Å²) in [6.07, 6.45) is 4.15. The van der Waals surface area contributed by atoms with Crippen molar-refractivity contribution in [3.8, 4) is 33.9 Å². The molecule has 1 aliphatic heterocycles. The number of hydrogen-bond donors (Lipinski definition) is 0. The fourth-order valence-corrected chi connectivity index (χ4v) is 4.41. The van der Waals surface area contributed by atoms with Gasteiger partial charge in [-0.05, 0) is 42.7 Å². The van der Waals surface area contributed by atoms with Gasteiger partial charge < -0.3 is 14.4 Å². The molecule has 0 saturated carbocycles. The van der Waals surface area contributed by atoms with Crippen LogP contribution in [0.4, 0.5) is 0 Å². The van der Waals surface area contributed by atoms with E-state index in [2.05, 4.69) is 4.98 Å². The Hall–Kier alpha value is -2.76. The molecule has 4 rings (SSSR count). The standard InChI is InChI=1S/C25H24Cl2N2O3/c1-31-21-14-22(32-2)25(20-13-18(27)10-11-28-20)24(16-6-8-17(26)9-7-16)19(21)15-29-12-4-3-5-23(29)30/h6-11,13-14H,3-5,12,15H2,1-2H3. The Labute approximate surface area is 197 Å². The zero-order valence-corrected chi connectivity index (χ0v) is 19.5. The molecule has 166 valence electrons.